The number of hydrogen-bond acceptors (Lipinski definition) is 4. The van der Waals surface area contributed by atoms with E-state index in [2.05, 4.69) is 6.58 Å². The third-order valence-corrected chi connectivity index (χ3v) is 1.44. The second-order valence-electron chi connectivity index (χ2n) is 3.08. The van der Waals surface area contributed by atoms with Gasteiger partial charge in [-0.25, -0.2) is 4.79 Å². The number of esters is 1. The Hall–Kier alpha value is -0.870. The van der Waals surface area contributed by atoms with Crippen LogP contribution in [0.4, 0.5) is 0 Å². The number of rotatable bonds is 6. The second kappa shape index (κ2) is 6.62. The third kappa shape index (κ3) is 7.49. The SMILES string of the molecule is C=CC(=O)OCCC(O)CN(C)C. The van der Waals surface area contributed by atoms with E-state index in [4.69, 9.17) is 4.74 Å². The summed E-state index contributed by atoms with van der Waals surface area (Å²) in [4.78, 5) is 12.5. The average molecular weight is 187 g/mol. The van der Waals surface area contributed by atoms with E-state index < -0.39 is 12.1 Å². The minimum absolute atomic E-state index is 0.236. The average Bonchev–Trinajstić information content (AvgIpc) is 2.02. The van der Waals surface area contributed by atoms with E-state index in [1.807, 2.05) is 19.0 Å². The van der Waals surface area contributed by atoms with E-state index in [0.717, 1.165) is 6.08 Å². The van der Waals surface area contributed by atoms with Crippen molar-refractivity contribution < 1.29 is 14.6 Å². The van der Waals surface area contributed by atoms with Crippen LogP contribution in [0.2, 0.25) is 0 Å². The molecule has 0 aliphatic carbocycles. The normalized spacial score (nSPS) is 12.6. The van der Waals surface area contributed by atoms with Crippen LogP contribution in [-0.4, -0.2) is 49.3 Å². The lowest BCUT2D eigenvalue weighted by molar-refractivity contribution is -0.138. The highest BCUT2D eigenvalue weighted by Crippen LogP contribution is 1.94. The quantitative estimate of drug-likeness (QED) is 0.471. The van der Waals surface area contributed by atoms with Gasteiger partial charge in [-0.1, -0.05) is 6.58 Å². The molecule has 0 saturated heterocycles. The number of ether oxygens (including phenoxy) is 1. The molecule has 76 valence electrons. The number of aliphatic hydroxyl groups is 1. The van der Waals surface area contributed by atoms with Crippen molar-refractivity contribution in [1.82, 2.24) is 4.90 Å². The number of carbonyl (C=O) groups is 1. The van der Waals surface area contributed by atoms with Crippen LogP contribution in [0.1, 0.15) is 6.42 Å². The van der Waals surface area contributed by atoms with Crippen molar-refractivity contribution in [1.29, 1.82) is 0 Å². The van der Waals surface area contributed by atoms with Crippen molar-refractivity contribution in [3.63, 3.8) is 0 Å². The van der Waals surface area contributed by atoms with E-state index in [1.54, 1.807) is 0 Å². The molecule has 0 aromatic heterocycles. The minimum atomic E-state index is -0.451. The molecule has 0 saturated carbocycles. The molecule has 1 atom stereocenters. The highest BCUT2D eigenvalue weighted by Gasteiger charge is 2.06. The van der Waals surface area contributed by atoms with E-state index >= 15 is 0 Å². The first-order valence-corrected chi connectivity index (χ1v) is 4.18. The summed E-state index contributed by atoms with van der Waals surface area (Å²) in [6.45, 7) is 4.07. The highest BCUT2D eigenvalue weighted by molar-refractivity contribution is 5.81. The first-order chi connectivity index (χ1) is 6.06. The third-order valence-electron chi connectivity index (χ3n) is 1.44. The smallest absolute Gasteiger partial charge is 0.330 e. The Kier molecular flexibility index (Phi) is 6.18. The maximum absolute atomic E-state index is 10.6. The van der Waals surface area contributed by atoms with Gasteiger partial charge in [0, 0.05) is 19.0 Å². The topological polar surface area (TPSA) is 49.8 Å². The lowest BCUT2D eigenvalue weighted by Gasteiger charge is -2.15. The van der Waals surface area contributed by atoms with E-state index in [0.29, 0.717) is 13.0 Å². The van der Waals surface area contributed by atoms with Gasteiger partial charge < -0.3 is 14.7 Å². The summed E-state index contributed by atoms with van der Waals surface area (Å²) in [5.74, 6) is -0.447. The largest absolute Gasteiger partial charge is 0.462 e. The molecule has 1 N–H and O–H groups in total. The van der Waals surface area contributed by atoms with Crippen molar-refractivity contribution in [3.05, 3.63) is 12.7 Å². The van der Waals surface area contributed by atoms with Crippen molar-refractivity contribution in [3.8, 4) is 0 Å². The molecule has 13 heavy (non-hydrogen) atoms. The van der Waals surface area contributed by atoms with Gasteiger partial charge >= 0.3 is 5.97 Å². The molecule has 0 spiro atoms. The molecule has 1 unspecified atom stereocenters. The van der Waals surface area contributed by atoms with Gasteiger partial charge in [0.1, 0.15) is 0 Å². The minimum Gasteiger partial charge on any atom is -0.462 e. The van der Waals surface area contributed by atoms with Gasteiger partial charge in [-0.3, -0.25) is 0 Å². The van der Waals surface area contributed by atoms with Gasteiger partial charge in [-0.2, -0.15) is 0 Å². The summed E-state index contributed by atoms with van der Waals surface area (Å²) in [5, 5.41) is 9.35. The molecule has 4 nitrogen and oxygen atoms in total. The van der Waals surface area contributed by atoms with Crippen LogP contribution in [0.3, 0.4) is 0 Å². The number of hydrogen-bond donors (Lipinski definition) is 1. The maximum atomic E-state index is 10.6. The van der Waals surface area contributed by atoms with Crippen LogP contribution in [0.25, 0.3) is 0 Å². The molecule has 0 aliphatic rings. The van der Waals surface area contributed by atoms with Crippen LogP contribution < -0.4 is 0 Å². The Morgan fingerprint density at radius 3 is 2.77 bits per heavy atom. The fourth-order valence-electron chi connectivity index (χ4n) is 0.867. The molecule has 0 aromatic carbocycles. The van der Waals surface area contributed by atoms with Gasteiger partial charge in [-0.05, 0) is 14.1 Å². The summed E-state index contributed by atoms with van der Waals surface area (Å²) >= 11 is 0. The summed E-state index contributed by atoms with van der Waals surface area (Å²) in [7, 11) is 3.75. The molecule has 0 rings (SSSR count). The monoisotopic (exact) mass is 187 g/mol. The Bertz CT molecular complexity index is 168. The van der Waals surface area contributed by atoms with Crippen LogP contribution in [0.5, 0.6) is 0 Å². The Morgan fingerprint density at radius 1 is 1.69 bits per heavy atom. The van der Waals surface area contributed by atoms with Crippen LogP contribution >= 0.6 is 0 Å². The molecule has 0 fully saturated rings. The highest BCUT2D eigenvalue weighted by atomic mass is 16.5. The Balaban J connectivity index is 3.41. The first kappa shape index (κ1) is 12.1. The molecule has 0 amide bonds. The molecule has 0 aromatic rings. The number of carbonyl (C=O) groups excluding carboxylic acids is 1. The molecule has 0 bridgehead atoms. The second-order valence-corrected chi connectivity index (χ2v) is 3.08. The number of likely N-dealkylation sites (N-methyl/N-ethyl adjacent to an activating group) is 1. The summed E-state index contributed by atoms with van der Waals surface area (Å²) in [6.07, 6.45) is 1.11. The Labute approximate surface area is 78.8 Å². The van der Waals surface area contributed by atoms with Crippen molar-refractivity contribution in [2.75, 3.05) is 27.2 Å². The summed E-state index contributed by atoms with van der Waals surface area (Å²) < 4.78 is 4.71. The fourth-order valence-corrected chi connectivity index (χ4v) is 0.867. The molecule has 4 heteroatoms. The lowest BCUT2D eigenvalue weighted by atomic mass is 10.2. The molecular formula is C9H17NO3. The van der Waals surface area contributed by atoms with Gasteiger partial charge in [0.25, 0.3) is 0 Å². The van der Waals surface area contributed by atoms with Gasteiger partial charge in [0.15, 0.2) is 0 Å². The zero-order valence-corrected chi connectivity index (χ0v) is 8.19. The summed E-state index contributed by atoms with van der Waals surface area (Å²) in [5.41, 5.74) is 0. The van der Waals surface area contributed by atoms with E-state index in [1.165, 1.54) is 0 Å². The van der Waals surface area contributed by atoms with Gasteiger partial charge in [0.2, 0.25) is 0 Å². The lowest BCUT2D eigenvalue weighted by Crippen LogP contribution is -2.27. The van der Waals surface area contributed by atoms with Crippen molar-refractivity contribution in [2.24, 2.45) is 0 Å². The predicted octanol–water partition coefficient (Wildman–Crippen LogP) is 0.0282. The van der Waals surface area contributed by atoms with Crippen LogP contribution in [0.15, 0.2) is 12.7 Å². The molecule has 0 aliphatic heterocycles. The van der Waals surface area contributed by atoms with Gasteiger partial charge in [-0.15, -0.1) is 0 Å². The first-order valence-electron chi connectivity index (χ1n) is 4.18. The van der Waals surface area contributed by atoms with Crippen molar-refractivity contribution in [2.45, 2.75) is 12.5 Å². The molecular weight excluding hydrogens is 170 g/mol. The predicted molar refractivity (Wildman–Crippen MR) is 50.3 cm³/mol. The van der Waals surface area contributed by atoms with Gasteiger partial charge in [0.05, 0.1) is 12.7 Å². The van der Waals surface area contributed by atoms with E-state index in [9.17, 15) is 9.90 Å². The fraction of sp³-hybridized carbons (Fsp3) is 0.667. The van der Waals surface area contributed by atoms with E-state index in [-0.39, 0.29) is 6.61 Å². The van der Waals surface area contributed by atoms with Crippen molar-refractivity contribution >= 4 is 5.97 Å². The zero-order chi connectivity index (χ0) is 10.3. The summed E-state index contributed by atoms with van der Waals surface area (Å²) in [6, 6.07) is 0. The Morgan fingerprint density at radius 2 is 2.31 bits per heavy atom. The standard InChI is InChI=1S/C9H17NO3/c1-4-9(12)13-6-5-8(11)7-10(2)3/h4,8,11H,1,5-7H2,2-3H3. The number of aliphatic hydroxyl groups excluding tert-OH is 1. The van der Waals surface area contributed by atoms with Crippen LogP contribution in [0, 0.1) is 0 Å². The maximum Gasteiger partial charge on any atom is 0.330 e. The van der Waals surface area contributed by atoms with Crippen LogP contribution in [-0.2, 0) is 9.53 Å². The molecule has 0 heterocycles. The number of nitrogens with zero attached hydrogens (tertiary/aromatic N) is 1. The zero-order valence-electron chi connectivity index (χ0n) is 8.19. The molecule has 0 radical (unpaired) electrons.